The average Bonchev–Trinajstić information content (AvgIpc) is 3.36. The number of anilines is 1. The van der Waals surface area contributed by atoms with E-state index >= 15 is 0 Å². The largest absolute Gasteiger partial charge is 0.497 e. The van der Waals surface area contributed by atoms with Crippen LogP contribution >= 0.6 is 11.3 Å². The first-order valence-electron chi connectivity index (χ1n) is 10.4. The van der Waals surface area contributed by atoms with Crippen LogP contribution in [-0.4, -0.2) is 28.0 Å². The summed E-state index contributed by atoms with van der Waals surface area (Å²) in [5.74, 6) is 1.63. The third-order valence-corrected chi connectivity index (χ3v) is 6.88. The Balaban J connectivity index is 1.32. The Bertz CT molecular complexity index is 1130. The van der Waals surface area contributed by atoms with Gasteiger partial charge in [0.1, 0.15) is 11.4 Å². The summed E-state index contributed by atoms with van der Waals surface area (Å²) in [4.78, 5) is 9.30. The van der Waals surface area contributed by atoms with Gasteiger partial charge in [-0.3, -0.25) is 0 Å². The molecule has 0 saturated heterocycles. The number of nitrogens with one attached hydrogen (secondary N) is 1. The van der Waals surface area contributed by atoms with Crippen LogP contribution < -0.4 is 10.1 Å². The van der Waals surface area contributed by atoms with Crippen molar-refractivity contribution in [3.05, 3.63) is 54.0 Å². The Labute approximate surface area is 174 Å². The second-order valence-electron chi connectivity index (χ2n) is 7.93. The highest BCUT2D eigenvalue weighted by molar-refractivity contribution is 7.22. The normalized spacial score (nSPS) is 15.2. The fourth-order valence-electron chi connectivity index (χ4n) is 4.26. The van der Waals surface area contributed by atoms with Gasteiger partial charge < -0.3 is 14.5 Å². The predicted octanol–water partition coefficient (Wildman–Crippen LogP) is 5.54. The molecule has 3 aromatic heterocycles. The number of rotatable bonds is 6. The van der Waals surface area contributed by atoms with E-state index in [4.69, 9.17) is 9.72 Å². The van der Waals surface area contributed by atoms with Crippen molar-refractivity contribution >= 4 is 32.3 Å². The molecule has 1 aromatic carbocycles. The standard InChI is InChI=1S/C23H26N4OS/c1-28-19-9-10-27-18(15-24-22(27)13-19)11-17-7-8-20-21(12-17)29-23(26-20)25-14-16-5-3-2-4-6-16/h7-10,12-13,15-16H,2-6,11,14H2,1H3,(H,25,26). The smallest absolute Gasteiger partial charge is 0.183 e. The maximum Gasteiger partial charge on any atom is 0.183 e. The molecule has 0 bridgehead atoms. The maximum atomic E-state index is 5.29. The zero-order valence-corrected chi connectivity index (χ0v) is 17.5. The number of hydrogen-bond donors (Lipinski definition) is 1. The lowest BCUT2D eigenvalue weighted by molar-refractivity contribution is 0.373. The molecule has 5 rings (SSSR count). The molecule has 150 valence electrons. The van der Waals surface area contributed by atoms with Crippen molar-refractivity contribution in [2.75, 3.05) is 19.0 Å². The SMILES string of the molecule is COc1ccn2c(Cc3ccc4nc(NCC5CCCCC5)sc4c3)cnc2c1. The summed E-state index contributed by atoms with van der Waals surface area (Å²) >= 11 is 1.76. The molecule has 1 N–H and O–H groups in total. The lowest BCUT2D eigenvalue weighted by atomic mass is 9.89. The highest BCUT2D eigenvalue weighted by atomic mass is 32.1. The second-order valence-corrected chi connectivity index (χ2v) is 8.96. The van der Waals surface area contributed by atoms with Crippen molar-refractivity contribution in [3.63, 3.8) is 0 Å². The zero-order chi connectivity index (χ0) is 19.6. The summed E-state index contributed by atoms with van der Waals surface area (Å²) in [6.45, 7) is 1.05. The molecule has 5 nitrogen and oxygen atoms in total. The molecule has 1 aliphatic rings. The number of ether oxygens (including phenoxy) is 1. The minimum atomic E-state index is 0.806. The average molecular weight is 407 g/mol. The third kappa shape index (κ3) is 3.94. The first-order valence-corrected chi connectivity index (χ1v) is 11.2. The maximum absolute atomic E-state index is 5.29. The highest BCUT2D eigenvalue weighted by Gasteiger charge is 2.14. The van der Waals surface area contributed by atoms with E-state index in [2.05, 4.69) is 32.9 Å². The molecular weight excluding hydrogens is 380 g/mol. The van der Waals surface area contributed by atoms with E-state index in [1.165, 1.54) is 48.1 Å². The van der Waals surface area contributed by atoms with Crippen molar-refractivity contribution in [1.29, 1.82) is 0 Å². The fourth-order valence-corrected chi connectivity index (χ4v) is 5.20. The van der Waals surface area contributed by atoms with Crippen molar-refractivity contribution in [2.45, 2.75) is 38.5 Å². The van der Waals surface area contributed by atoms with Gasteiger partial charge in [0.15, 0.2) is 5.13 Å². The molecule has 1 fully saturated rings. The topological polar surface area (TPSA) is 51.5 Å². The number of benzene rings is 1. The summed E-state index contributed by atoms with van der Waals surface area (Å²) in [7, 11) is 1.68. The molecule has 0 unspecified atom stereocenters. The summed E-state index contributed by atoms with van der Waals surface area (Å²) in [6.07, 6.45) is 11.7. The van der Waals surface area contributed by atoms with Crippen LogP contribution in [0.4, 0.5) is 5.13 Å². The van der Waals surface area contributed by atoms with Gasteiger partial charge in [0.2, 0.25) is 0 Å². The molecule has 0 atom stereocenters. The summed E-state index contributed by atoms with van der Waals surface area (Å²) in [6, 6.07) is 10.5. The quantitative estimate of drug-likeness (QED) is 0.457. The zero-order valence-electron chi connectivity index (χ0n) is 16.7. The van der Waals surface area contributed by atoms with E-state index < -0.39 is 0 Å². The molecule has 0 spiro atoms. The highest BCUT2D eigenvalue weighted by Crippen LogP contribution is 2.29. The van der Waals surface area contributed by atoms with Gasteiger partial charge in [-0.15, -0.1) is 0 Å². The monoisotopic (exact) mass is 406 g/mol. The van der Waals surface area contributed by atoms with Crippen LogP contribution in [0.15, 0.2) is 42.7 Å². The molecule has 0 aliphatic heterocycles. The Hall–Kier alpha value is -2.60. The lowest BCUT2D eigenvalue weighted by Gasteiger charge is -2.21. The van der Waals surface area contributed by atoms with Crippen molar-refractivity contribution < 1.29 is 4.74 Å². The number of imidazole rings is 1. The number of thiazole rings is 1. The van der Waals surface area contributed by atoms with Crippen LogP contribution in [-0.2, 0) is 6.42 Å². The van der Waals surface area contributed by atoms with Crippen LogP contribution in [0, 0.1) is 5.92 Å². The van der Waals surface area contributed by atoms with Gasteiger partial charge in [-0.2, -0.15) is 0 Å². The van der Waals surface area contributed by atoms with Gasteiger partial charge in [-0.05, 0) is 42.5 Å². The number of nitrogens with zero attached hydrogens (tertiary/aromatic N) is 3. The fraction of sp³-hybridized carbons (Fsp3) is 0.391. The van der Waals surface area contributed by atoms with Crippen LogP contribution in [0.2, 0.25) is 0 Å². The Morgan fingerprint density at radius 3 is 2.93 bits per heavy atom. The van der Waals surface area contributed by atoms with Crippen molar-refractivity contribution in [1.82, 2.24) is 14.4 Å². The van der Waals surface area contributed by atoms with Crippen LogP contribution in [0.1, 0.15) is 43.4 Å². The lowest BCUT2D eigenvalue weighted by Crippen LogP contribution is -2.16. The Morgan fingerprint density at radius 2 is 2.07 bits per heavy atom. The number of fused-ring (bicyclic) bond motifs is 2. The molecule has 1 saturated carbocycles. The predicted molar refractivity (Wildman–Crippen MR) is 119 cm³/mol. The molecule has 3 heterocycles. The van der Waals surface area contributed by atoms with Crippen LogP contribution in [0.3, 0.4) is 0 Å². The number of aromatic nitrogens is 3. The number of pyridine rings is 1. The Morgan fingerprint density at radius 1 is 1.17 bits per heavy atom. The summed E-state index contributed by atoms with van der Waals surface area (Å²) in [5.41, 5.74) is 4.43. The first kappa shape index (κ1) is 18.4. The van der Waals surface area contributed by atoms with Gasteiger partial charge in [0, 0.05) is 37.1 Å². The van der Waals surface area contributed by atoms with Gasteiger partial charge in [0.05, 0.1) is 17.3 Å². The van der Waals surface area contributed by atoms with Gasteiger partial charge in [-0.25, -0.2) is 9.97 Å². The van der Waals surface area contributed by atoms with Gasteiger partial charge in [0.25, 0.3) is 0 Å². The third-order valence-electron chi connectivity index (χ3n) is 5.90. The number of methoxy groups -OCH3 is 1. The molecule has 6 heteroatoms. The molecule has 0 amide bonds. The van der Waals surface area contributed by atoms with Crippen LogP contribution in [0.5, 0.6) is 5.75 Å². The minimum Gasteiger partial charge on any atom is -0.497 e. The molecule has 0 radical (unpaired) electrons. The first-order chi connectivity index (χ1) is 14.3. The molecule has 4 aromatic rings. The van der Waals surface area contributed by atoms with Gasteiger partial charge >= 0.3 is 0 Å². The van der Waals surface area contributed by atoms with E-state index in [1.54, 1.807) is 18.4 Å². The molecule has 29 heavy (non-hydrogen) atoms. The van der Waals surface area contributed by atoms with E-state index in [-0.39, 0.29) is 0 Å². The van der Waals surface area contributed by atoms with Crippen molar-refractivity contribution in [3.8, 4) is 5.75 Å². The molecule has 1 aliphatic carbocycles. The van der Waals surface area contributed by atoms with Crippen molar-refractivity contribution in [2.24, 2.45) is 5.92 Å². The summed E-state index contributed by atoms with van der Waals surface area (Å²) in [5, 5.41) is 4.63. The second kappa shape index (κ2) is 8.03. The van der Waals surface area contributed by atoms with E-state index in [0.717, 1.165) is 40.9 Å². The molecular formula is C23H26N4OS. The van der Waals surface area contributed by atoms with Gasteiger partial charge in [-0.1, -0.05) is 36.7 Å². The minimum absolute atomic E-state index is 0.806. The number of hydrogen-bond acceptors (Lipinski definition) is 5. The summed E-state index contributed by atoms with van der Waals surface area (Å²) < 4.78 is 8.66. The Kier molecular flexibility index (Phi) is 5.10. The van der Waals surface area contributed by atoms with Crippen LogP contribution in [0.25, 0.3) is 15.9 Å². The van der Waals surface area contributed by atoms with E-state index in [1.807, 2.05) is 24.5 Å². The van der Waals surface area contributed by atoms with E-state index in [9.17, 15) is 0 Å². The van der Waals surface area contributed by atoms with E-state index in [0.29, 0.717) is 0 Å².